The third kappa shape index (κ3) is 2.27. The third-order valence-corrected chi connectivity index (χ3v) is 2.75. The van der Waals surface area contributed by atoms with E-state index in [4.69, 9.17) is 10.00 Å². The highest BCUT2D eigenvalue weighted by Crippen LogP contribution is 2.26. The first-order chi connectivity index (χ1) is 7.81. The Morgan fingerprint density at radius 3 is 2.88 bits per heavy atom. The van der Waals surface area contributed by atoms with Crippen molar-refractivity contribution in [2.45, 2.75) is 0 Å². The molecule has 78 valence electrons. The van der Waals surface area contributed by atoms with E-state index in [0.717, 1.165) is 6.29 Å². The van der Waals surface area contributed by atoms with E-state index in [1.807, 2.05) is 6.07 Å². The van der Waals surface area contributed by atoms with Crippen molar-refractivity contribution >= 4 is 17.6 Å². The molecule has 1 aromatic carbocycles. The molecular weight excluding hydrogens is 222 g/mol. The molecule has 0 N–H and O–H groups in total. The summed E-state index contributed by atoms with van der Waals surface area (Å²) in [5.74, 6) is 1.21. The van der Waals surface area contributed by atoms with Crippen LogP contribution in [0.25, 0.3) is 0 Å². The molecule has 0 amide bonds. The van der Waals surface area contributed by atoms with E-state index in [1.165, 1.54) is 11.3 Å². The predicted octanol–water partition coefficient (Wildman–Crippen LogP) is 3.22. The number of benzene rings is 1. The van der Waals surface area contributed by atoms with Crippen LogP contribution in [0.15, 0.2) is 35.7 Å². The van der Waals surface area contributed by atoms with Crippen molar-refractivity contribution in [2.24, 2.45) is 0 Å². The van der Waals surface area contributed by atoms with Gasteiger partial charge in [0.15, 0.2) is 6.29 Å². The van der Waals surface area contributed by atoms with Gasteiger partial charge in [0.1, 0.15) is 11.5 Å². The second-order valence-corrected chi connectivity index (χ2v) is 3.99. The van der Waals surface area contributed by atoms with Gasteiger partial charge in [-0.25, -0.2) is 0 Å². The molecule has 4 heteroatoms. The zero-order valence-corrected chi connectivity index (χ0v) is 9.03. The minimum atomic E-state index is 0.545. The number of thiophene rings is 1. The zero-order valence-electron chi connectivity index (χ0n) is 8.21. The molecular formula is C12H7NO2S. The molecule has 0 radical (unpaired) electrons. The third-order valence-electron chi connectivity index (χ3n) is 1.91. The molecule has 3 nitrogen and oxygen atoms in total. The average molecular weight is 229 g/mol. The quantitative estimate of drug-likeness (QED) is 0.759. The largest absolute Gasteiger partial charge is 0.456 e. The number of carbonyl (C=O) groups excluding carboxylic acids is 1. The van der Waals surface area contributed by atoms with Crippen LogP contribution < -0.4 is 4.74 Å². The van der Waals surface area contributed by atoms with Crippen molar-refractivity contribution in [1.29, 1.82) is 5.26 Å². The Morgan fingerprint density at radius 1 is 1.31 bits per heavy atom. The summed E-state index contributed by atoms with van der Waals surface area (Å²) in [4.78, 5) is 11.1. The van der Waals surface area contributed by atoms with Crippen LogP contribution in [0, 0.1) is 11.3 Å². The van der Waals surface area contributed by atoms with Gasteiger partial charge < -0.3 is 4.74 Å². The van der Waals surface area contributed by atoms with Crippen LogP contribution in [0.3, 0.4) is 0 Å². The maximum absolute atomic E-state index is 10.5. The van der Waals surface area contributed by atoms with Crippen LogP contribution in [-0.2, 0) is 0 Å². The molecule has 1 aromatic heterocycles. The summed E-state index contributed by atoms with van der Waals surface area (Å²) in [6.45, 7) is 0. The minimum absolute atomic E-state index is 0.545. The number of carbonyl (C=O) groups is 1. The molecule has 0 saturated heterocycles. The highest BCUT2D eigenvalue weighted by atomic mass is 32.1. The van der Waals surface area contributed by atoms with Crippen LogP contribution in [-0.4, -0.2) is 6.29 Å². The van der Waals surface area contributed by atoms with E-state index in [-0.39, 0.29) is 0 Å². The zero-order chi connectivity index (χ0) is 11.4. The van der Waals surface area contributed by atoms with E-state index in [2.05, 4.69) is 0 Å². The Balaban J connectivity index is 2.20. The molecule has 0 aliphatic rings. The Kier molecular flexibility index (Phi) is 2.99. The van der Waals surface area contributed by atoms with Gasteiger partial charge in [-0.2, -0.15) is 5.26 Å². The lowest BCUT2D eigenvalue weighted by Crippen LogP contribution is -1.82. The predicted molar refractivity (Wildman–Crippen MR) is 60.9 cm³/mol. The summed E-state index contributed by atoms with van der Waals surface area (Å²) in [7, 11) is 0. The standard InChI is InChI=1S/C12H7NO2S/c13-6-9-2-1-3-10(4-9)15-11-5-12(7-14)16-8-11/h1-5,7-8H. The number of nitriles is 1. The molecule has 0 fully saturated rings. The van der Waals surface area contributed by atoms with E-state index < -0.39 is 0 Å². The summed E-state index contributed by atoms with van der Waals surface area (Å²) in [5.41, 5.74) is 0.545. The molecule has 16 heavy (non-hydrogen) atoms. The minimum Gasteiger partial charge on any atom is -0.456 e. The fraction of sp³-hybridized carbons (Fsp3) is 0. The van der Waals surface area contributed by atoms with Crippen LogP contribution in [0.1, 0.15) is 15.2 Å². The second-order valence-electron chi connectivity index (χ2n) is 3.04. The number of rotatable bonds is 3. The van der Waals surface area contributed by atoms with Gasteiger partial charge in [0, 0.05) is 11.4 Å². The van der Waals surface area contributed by atoms with E-state index >= 15 is 0 Å². The molecule has 2 aromatic rings. The van der Waals surface area contributed by atoms with Crippen molar-refractivity contribution in [2.75, 3.05) is 0 Å². The molecule has 0 saturated carbocycles. The van der Waals surface area contributed by atoms with Crippen molar-refractivity contribution in [1.82, 2.24) is 0 Å². The molecule has 0 aliphatic heterocycles. The highest BCUT2D eigenvalue weighted by Gasteiger charge is 2.02. The van der Waals surface area contributed by atoms with Crippen LogP contribution >= 0.6 is 11.3 Å². The van der Waals surface area contributed by atoms with Gasteiger partial charge in [-0.15, -0.1) is 11.3 Å². The van der Waals surface area contributed by atoms with E-state index in [0.29, 0.717) is 21.9 Å². The second kappa shape index (κ2) is 4.60. The topological polar surface area (TPSA) is 50.1 Å². The summed E-state index contributed by atoms with van der Waals surface area (Å²) in [5, 5.41) is 10.5. The summed E-state index contributed by atoms with van der Waals surface area (Å²) >= 11 is 1.32. The maximum atomic E-state index is 10.5. The van der Waals surface area contributed by atoms with Crippen LogP contribution in [0.5, 0.6) is 11.5 Å². The first-order valence-electron chi connectivity index (χ1n) is 4.53. The van der Waals surface area contributed by atoms with E-state index in [1.54, 1.807) is 35.7 Å². The number of nitrogens with zero attached hydrogens (tertiary/aromatic N) is 1. The maximum Gasteiger partial charge on any atom is 0.160 e. The Hall–Kier alpha value is -2.12. The molecule has 0 bridgehead atoms. The molecule has 2 rings (SSSR count). The monoisotopic (exact) mass is 229 g/mol. The van der Waals surface area contributed by atoms with Gasteiger partial charge >= 0.3 is 0 Å². The normalized spacial score (nSPS) is 9.44. The SMILES string of the molecule is N#Cc1cccc(Oc2csc(C=O)c2)c1. The first kappa shape index (κ1) is 10.4. The summed E-state index contributed by atoms with van der Waals surface area (Å²) in [6.07, 6.45) is 0.781. The molecule has 1 heterocycles. The number of hydrogen-bond donors (Lipinski definition) is 0. The van der Waals surface area contributed by atoms with E-state index in [9.17, 15) is 4.79 Å². The summed E-state index contributed by atoms with van der Waals surface area (Å²) in [6, 6.07) is 10.6. The lowest BCUT2D eigenvalue weighted by Gasteiger charge is -2.02. The number of hydrogen-bond acceptors (Lipinski definition) is 4. The molecule has 0 spiro atoms. The Labute approximate surface area is 96.5 Å². The van der Waals surface area contributed by atoms with Crippen molar-refractivity contribution < 1.29 is 9.53 Å². The van der Waals surface area contributed by atoms with Gasteiger partial charge in [0.25, 0.3) is 0 Å². The van der Waals surface area contributed by atoms with Crippen LogP contribution in [0.2, 0.25) is 0 Å². The Bertz CT molecular complexity index is 554. The highest BCUT2D eigenvalue weighted by molar-refractivity contribution is 7.11. The van der Waals surface area contributed by atoms with Crippen molar-refractivity contribution in [3.05, 3.63) is 46.2 Å². The van der Waals surface area contributed by atoms with Gasteiger partial charge in [0.2, 0.25) is 0 Å². The van der Waals surface area contributed by atoms with Gasteiger partial charge in [0.05, 0.1) is 16.5 Å². The fourth-order valence-corrected chi connectivity index (χ4v) is 1.82. The Morgan fingerprint density at radius 2 is 2.19 bits per heavy atom. The number of ether oxygens (including phenoxy) is 1. The average Bonchev–Trinajstić information content (AvgIpc) is 2.77. The van der Waals surface area contributed by atoms with Crippen molar-refractivity contribution in [3.63, 3.8) is 0 Å². The van der Waals surface area contributed by atoms with Gasteiger partial charge in [-0.1, -0.05) is 6.07 Å². The lowest BCUT2D eigenvalue weighted by atomic mass is 10.2. The van der Waals surface area contributed by atoms with Crippen molar-refractivity contribution in [3.8, 4) is 17.6 Å². The van der Waals surface area contributed by atoms with Crippen LogP contribution in [0.4, 0.5) is 0 Å². The smallest absolute Gasteiger partial charge is 0.160 e. The van der Waals surface area contributed by atoms with Gasteiger partial charge in [-0.05, 0) is 18.2 Å². The lowest BCUT2D eigenvalue weighted by molar-refractivity contribution is 0.112. The molecule has 0 aliphatic carbocycles. The summed E-state index contributed by atoms with van der Waals surface area (Å²) < 4.78 is 5.50. The fourth-order valence-electron chi connectivity index (χ4n) is 1.21. The molecule has 0 atom stereocenters. The number of aldehydes is 1. The molecule has 0 unspecified atom stereocenters. The van der Waals surface area contributed by atoms with Gasteiger partial charge in [-0.3, -0.25) is 4.79 Å². The first-order valence-corrected chi connectivity index (χ1v) is 5.41.